The summed E-state index contributed by atoms with van der Waals surface area (Å²) in [4.78, 5) is 15.5. The number of methoxy groups -OCH3 is 1. The lowest BCUT2D eigenvalue weighted by molar-refractivity contribution is -0.134. The molecule has 152 valence electrons. The van der Waals surface area contributed by atoms with Gasteiger partial charge in [-0.15, -0.1) is 0 Å². The number of carbonyl (C=O) groups excluding carboxylic acids is 1. The highest BCUT2D eigenvalue weighted by Gasteiger charge is 2.34. The average molecular weight is 392 g/mol. The lowest BCUT2D eigenvalue weighted by Gasteiger charge is -2.29. The zero-order chi connectivity index (χ0) is 20.2. The molecule has 2 heterocycles. The minimum atomic E-state index is -0.0761. The van der Waals surface area contributed by atoms with Gasteiger partial charge in [-0.25, -0.2) is 5.01 Å². The van der Waals surface area contributed by atoms with Gasteiger partial charge in [0, 0.05) is 12.0 Å². The summed E-state index contributed by atoms with van der Waals surface area (Å²) in [7, 11) is 1.67. The first-order valence-electron chi connectivity index (χ1n) is 10.5. The van der Waals surface area contributed by atoms with Gasteiger partial charge >= 0.3 is 0 Å². The summed E-state index contributed by atoms with van der Waals surface area (Å²) in [6.07, 6.45) is 4.29. The third-order valence-corrected chi connectivity index (χ3v) is 5.85. The van der Waals surface area contributed by atoms with E-state index in [1.165, 1.54) is 24.8 Å². The lowest BCUT2D eigenvalue weighted by Crippen LogP contribution is -2.40. The molecule has 5 nitrogen and oxygen atoms in total. The maximum absolute atomic E-state index is 13.2. The van der Waals surface area contributed by atoms with E-state index in [0.717, 1.165) is 35.7 Å². The van der Waals surface area contributed by atoms with E-state index in [1.807, 2.05) is 24.3 Å². The molecule has 1 atom stereocenters. The number of piperidine rings is 1. The smallest absolute Gasteiger partial charge is 0.257 e. The van der Waals surface area contributed by atoms with Crippen LogP contribution >= 0.6 is 0 Å². The first kappa shape index (κ1) is 19.6. The summed E-state index contributed by atoms with van der Waals surface area (Å²) >= 11 is 0. The molecule has 0 unspecified atom stereocenters. The minimum Gasteiger partial charge on any atom is -0.496 e. The van der Waals surface area contributed by atoms with Crippen molar-refractivity contribution in [2.45, 2.75) is 38.6 Å². The van der Waals surface area contributed by atoms with Crippen LogP contribution in [0.15, 0.2) is 53.6 Å². The van der Waals surface area contributed by atoms with E-state index in [9.17, 15) is 4.79 Å². The highest BCUT2D eigenvalue weighted by Crippen LogP contribution is 2.35. The molecule has 1 fully saturated rings. The quantitative estimate of drug-likeness (QED) is 0.769. The number of ether oxygens (including phenoxy) is 1. The van der Waals surface area contributed by atoms with Crippen LogP contribution in [-0.4, -0.2) is 48.3 Å². The van der Waals surface area contributed by atoms with Gasteiger partial charge in [-0.05, 0) is 50.6 Å². The molecule has 0 aliphatic carbocycles. The van der Waals surface area contributed by atoms with E-state index in [0.29, 0.717) is 13.0 Å². The summed E-state index contributed by atoms with van der Waals surface area (Å²) in [6.45, 7) is 4.51. The van der Waals surface area contributed by atoms with Crippen molar-refractivity contribution in [1.82, 2.24) is 9.91 Å². The van der Waals surface area contributed by atoms with Gasteiger partial charge in [0.05, 0.1) is 25.4 Å². The van der Waals surface area contributed by atoms with Crippen LogP contribution in [0.2, 0.25) is 0 Å². The summed E-state index contributed by atoms with van der Waals surface area (Å²) < 4.78 is 5.54. The molecule has 0 bridgehead atoms. The molecule has 0 aromatic heterocycles. The Morgan fingerprint density at radius 2 is 1.79 bits per heavy atom. The van der Waals surface area contributed by atoms with Gasteiger partial charge in [0.25, 0.3) is 5.91 Å². The van der Waals surface area contributed by atoms with Crippen molar-refractivity contribution in [3.05, 3.63) is 65.2 Å². The second-order valence-electron chi connectivity index (χ2n) is 7.95. The molecule has 0 saturated carbocycles. The largest absolute Gasteiger partial charge is 0.496 e. The summed E-state index contributed by atoms with van der Waals surface area (Å²) in [5.74, 6) is 0.863. The van der Waals surface area contributed by atoms with Crippen molar-refractivity contribution in [3.63, 3.8) is 0 Å². The van der Waals surface area contributed by atoms with Gasteiger partial charge < -0.3 is 4.74 Å². The molecule has 2 aromatic rings. The first-order chi connectivity index (χ1) is 14.2. The molecular formula is C24H29N3O2. The number of hydrazone groups is 1. The predicted octanol–water partition coefficient (Wildman–Crippen LogP) is 4.17. The van der Waals surface area contributed by atoms with Crippen LogP contribution in [0.5, 0.6) is 5.75 Å². The molecule has 4 rings (SSSR count). The Morgan fingerprint density at radius 3 is 2.52 bits per heavy atom. The summed E-state index contributed by atoms with van der Waals surface area (Å²) in [6, 6.07) is 16.2. The van der Waals surface area contributed by atoms with E-state index >= 15 is 0 Å². The number of carbonyl (C=O) groups is 1. The summed E-state index contributed by atoms with van der Waals surface area (Å²) in [5.41, 5.74) is 4.19. The topological polar surface area (TPSA) is 45.1 Å². The maximum Gasteiger partial charge on any atom is 0.257 e. The Morgan fingerprint density at radius 1 is 1.07 bits per heavy atom. The van der Waals surface area contributed by atoms with Crippen molar-refractivity contribution in [3.8, 4) is 5.75 Å². The molecule has 1 amide bonds. The van der Waals surface area contributed by atoms with Crippen molar-refractivity contribution in [2.24, 2.45) is 5.10 Å². The number of likely N-dealkylation sites (tertiary alicyclic amines) is 1. The van der Waals surface area contributed by atoms with E-state index in [1.54, 1.807) is 12.1 Å². The van der Waals surface area contributed by atoms with E-state index < -0.39 is 0 Å². The van der Waals surface area contributed by atoms with E-state index in [2.05, 4.69) is 36.1 Å². The molecule has 2 aromatic carbocycles. The maximum atomic E-state index is 13.2. The Bertz CT molecular complexity index is 885. The zero-order valence-electron chi connectivity index (χ0n) is 17.3. The Balaban J connectivity index is 1.63. The second-order valence-corrected chi connectivity index (χ2v) is 7.95. The molecule has 0 spiro atoms. The van der Waals surface area contributed by atoms with E-state index in [-0.39, 0.29) is 11.9 Å². The highest BCUT2D eigenvalue weighted by molar-refractivity contribution is 6.05. The van der Waals surface area contributed by atoms with Gasteiger partial charge in [0.2, 0.25) is 0 Å². The normalized spacial score (nSPS) is 19.9. The number of rotatable bonds is 5. The fourth-order valence-corrected chi connectivity index (χ4v) is 4.22. The zero-order valence-corrected chi connectivity index (χ0v) is 17.3. The van der Waals surface area contributed by atoms with Crippen molar-refractivity contribution < 1.29 is 9.53 Å². The molecule has 2 aliphatic heterocycles. The first-order valence-corrected chi connectivity index (χ1v) is 10.5. The summed E-state index contributed by atoms with van der Waals surface area (Å²) in [5, 5.41) is 6.52. The van der Waals surface area contributed by atoms with Gasteiger partial charge in [-0.3, -0.25) is 9.69 Å². The number of aryl methyl sites for hydroxylation is 1. The van der Waals surface area contributed by atoms with Crippen molar-refractivity contribution >= 4 is 11.6 Å². The lowest BCUT2D eigenvalue weighted by atomic mass is 9.97. The highest BCUT2D eigenvalue weighted by atomic mass is 16.5. The van der Waals surface area contributed by atoms with Gasteiger partial charge in [0.15, 0.2) is 0 Å². The number of hydrogen-bond donors (Lipinski definition) is 0. The number of nitrogens with zero attached hydrogens (tertiary/aromatic N) is 3. The number of hydrogen-bond acceptors (Lipinski definition) is 4. The number of para-hydroxylation sites is 1. The number of benzene rings is 2. The molecule has 0 N–H and O–H groups in total. The monoisotopic (exact) mass is 391 g/mol. The standard InChI is InChI=1S/C24H29N3O2/c1-18-10-12-19(13-11-18)22-16-21(20-8-4-5-9-23(20)29-2)25-27(22)24(28)17-26-14-6-3-7-15-26/h4-5,8-13,22H,3,6-7,14-17H2,1-2H3/t22-/m0/s1. The fraction of sp³-hybridized carbons (Fsp3) is 0.417. The van der Waals surface area contributed by atoms with Crippen LogP contribution in [0.4, 0.5) is 0 Å². The molecule has 29 heavy (non-hydrogen) atoms. The van der Waals surface area contributed by atoms with Crippen molar-refractivity contribution in [1.29, 1.82) is 0 Å². The third-order valence-electron chi connectivity index (χ3n) is 5.85. The van der Waals surface area contributed by atoms with Gasteiger partial charge in [0.1, 0.15) is 5.75 Å². The SMILES string of the molecule is COc1ccccc1C1=NN(C(=O)CN2CCCCC2)[C@H](c2ccc(C)cc2)C1. The van der Waals surface area contributed by atoms with E-state index in [4.69, 9.17) is 9.84 Å². The van der Waals surface area contributed by atoms with Crippen LogP contribution in [0, 0.1) is 6.92 Å². The molecule has 2 aliphatic rings. The molecule has 0 radical (unpaired) electrons. The van der Waals surface area contributed by atoms with Crippen LogP contribution < -0.4 is 4.74 Å². The Labute approximate surface area is 173 Å². The van der Waals surface area contributed by atoms with Crippen LogP contribution in [0.1, 0.15) is 48.4 Å². The van der Waals surface area contributed by atoms with Crippen molar-refractivity contribution in [2.75, 3.05) is 26.7 Å². The number of amides is 1. The average Bonchev–Trinajstić information content (AvgIpc) is 3.20. The van der Waals surface area contributed by atoms with Gasteiger partial charge in [-0.1, -0.05) is 48.4 Å². The van der Waals surface area contributed by atoms with Crippen LogP contribution in [0.3, 0.4) is 0 Å². The molecule has 1 saturated heterocycles. The van der Waals surface area contributed by atoms with Crippen LogP contribution in [-0.2, 0) is 4.79 Å². The third kappa shape index (κ3) is 4.35. The second kappa shape index (κ2) is 8.78. The van der Waals surface area contributed by atoms with Gasteiger partial charge in [-0.2, -0.15) is 5.10 Å². The Hall–Kier alpha value is -2.66. The Kier molecular flexibility index (Phi) is 5.95. The minimum absolute atomic E-state index is 0.0716. The molecule has 5 heteroatoms. The predicted molar refractivity (Wildman–Crippen MR) is 115 cm³/mol. The molecular weight excluding hydrogens is 362 g/mol. The fourth-order valence-electron chi connectivity index (χ4n) is 4.22. The van der Waals surface area contributed by atoms with Crippen LogP contribution in [0.25, 0.3) is 0 Å².